The number of Topliss-reactive ketones (excluding diaryl/α,β-unsaturated/α-hetero) is 1. The number of aromatic nitrogens is 1. The maximum Gasteiger partial charge on any atom is 0.374 e. The molecule has 3 aromatic rings. The van der Waals surface area contributed by atoms with E-state index in [1.165, 1.54) is 12.3 Å². The molecule has 0 aliphatic rings. The first-order valence-corrected chi connectivity index (χ1v) is 6.51. The Morgan fingerprint density at radius 2 is 2.00 bits per heavy atom. The molecule has 0 unspecified atom stereocenters. The van der Waals surface area contributed by atoms with E-state index in [4.69, 9.17) is 9.15 Å². The molecule has 1 N–H and O–H groups in total. The Kier molecular flexibility index (Phi) is 3.31. The maximum absolute atomic E-state index is 12.4. The third-order valence-corrected chi connectivity index (χ3v) is 3.23. The number of H-pyrrole nitrogens is 1. The van der Waals surface area contributed by atoms with Crippen LogP contribution in [-0.4, -0.2) is 22.8 Å². The normalized spacial score (nSPS) is 12.2. The fraction of sp³-hybridized carbons (Fsp3) is 0.125. The number of ether oxygens (including phenoxy) is 1. The average Bonchev–Trinajstić information content (AvgIpc) is 3.15. The second kappa shape index (κ2) is 5.28. The molecule has 1 atom stereocenters. The van der Waals surface area contributed by atoms with Crippen LogP contribution in [0.1, 0.15) is 27.8 Å². The summed E-state index contributed by atoms with van der Waals surface area (Å²) in [7, 11) is 0. The van der Waals surface area contributed by atoms with Crippen molar-refractivity contribution in [3.05, 3.63) is 60.2 Å². The van der Waals surface area contributed by atoms with Crippen LogP contribution in [0.25, 0.3) is 10.9 Å². The minimum Gasteiger partial charge on any atom is -0.457 e. The molecule has 5 heteroatoms. The molecule has 0 radical (unpaired) electrons. The van der Waals surface area contributed by atoms with Gasteiger partial charge in [-0.3, -0.25) is 4.79 Å². The molecule has 0 spiro atoms. The zero-order chi connectivity index (χ0) is 14.8. The molecule has 0 saturated carbocycles. The number of furan rings is 1. The van der Waals surface area contributed by atoms with Gasteiger partial charge in [0.15, 0.2) is 6.10 Å². The minimum absolute atomic E-state index is 0.0774. The van der Waals surface area contributed by atoms with E-state index < -0.39 is 12.1 Å². The summed E-state index contributed by atoms with van der Waals surface area (Å²) in [5.41, 5.74) is 1.37. The lowest BCUT2D eigenvalue weighted by molar-refractivity contribution is 0.0290. The lowest BCUT2D eigenvalue weighted by atomic mass is 10.1. The van der Waals surface area contributed by atoms with Gasteiger partial charge in [-0.05, 0) is 25.1 Å². The van der Waals surface area contributed by atoms with Gasteiger partial charge in [-0.15, -0.1) is 0 Å². The summed E-state index contributed by atoms with van der Waals surface area (Å²) in [6, 6.07) is 10.5. The summed E-state index contributed by atoms with van der Waals surface area (Å²) in [4.78, 5) is 27.2. The predicted octanol–water partition coefficient (Wildman–Crippen LogP) is 3.19. The second-order valence-electron chi connectivity index (χ2n) is 4.64. The number of benzene rings is 1. The quantitative estimate of drug-likeness (QED) is 0.589. The van der Waals surface area contributed by atoms with Crippen molar-refractivity contribution < 1.29 is 18.7 Å². The molecule has 21 heavy (non-hydrogen) atoms. The molecule has 0 fully saturated rings. The summed E-state index contributed by atoms with van der Waals surface area (Å²) in [5.74, 6) is -0.832. The molecule has 106 valence electrons. The number of carbonyl (C=O) groups excluding carboxylic acids is 2. The second-order valence-corrected chi connectivity index (χ2v) is 4.64. The van der Waals surface area contributed by atoms with E-state index in [9.17, 15) is 9.59 Å². The first-order chi connectivity index (χ1) is 10.2. The number of nitrogens with one attached hydrogen (secondary N) is 1. The summed E-state index contributed by atoms with van der Waals surface area (Å²) < 4.78 is 10.1. The van der Waals surface area contributed by atoms with E-state index in [2.05, 4.69) is 4.98 Å². The Bertz CT molecular complexity index is 786. The van der Waals surface area contributed by atoms with Crippen LogP contribution in [0.2, 0.25) is 0 Å². The van der Waals surface area contributed by atoms with Crippen molar-refractivity contribution in [1.29, 1.82) is 0 Å². The molecular formula is C16H13NO4. The molecule has 0 bridgehead atoms. The number of fused-ring (bicyclic) bond motifs is 1. The van der Waals surface area contributed by atoms with Crippen molar-refractivity contribution in [1.82, 2.24) is 4.98 Å². The highest BCUT2D eigenvalue weighted by Gasteiger charge is 2.23. The number of aromatic amines is 1. The fourth-order valence-corrected chi connectivity index (χ4v) is 2.16. The van der Waals surface area contributed by atoms with Gasteiger partial charge in [0, 0.05) is 22.7 Å². The van der Waals surface area contributed by atoms with Gasteiger partial charge in [-0.25, -0.2) is 4.79 Å². The minimum atomic E-state index is -0.887. The average molecular weight is 283 g/mol. The Morgan fingerprint density at radius 1 is 1.19 bits per heavy atom. The Balaban J connectivity index is 1.80. The maximum atomic E-state index is 12.4. The Labute approximate surface area is 120 Å². The number of esters is 1. The number of ketones is 1. The Hall–Kier alpha value is -2.82. The third-order valence-electron chi connectivity index (χ3n) is 3.23. The van der Waals surface area contributed by atoms with Gasteiger partial charge in [0.05, 0.1) is 6.26 Å². The van der Waals surface area contributed by atoms with Gasteiger partial charge >= 0.3 is 5.97 Å². The number of rotatable bonds is 4. The third kappa shape index (κ3) is 2.45. The van der Waals surface area contributed by atoms with Crippen molar-refractivity contribution in [2.45, 2.75) is 13.0 Å². The highest BCUT2D eigenvalue weighted by atomic mass is 16.6. The topological polar surface area (TPSA) is 72.3 Å². The monoisotopic (exact) mass is 283 g/mol. The molecule has 0 saturated heterocycles. The van der Waals surface area contributed by atoms with Crippen LogP contribution in [0.3, 0.4) is 0 Å². The zero-order valence-corrected chi connectivity index (χ0v) is 11.3. The van der Waals surface area contributed by atoms with Crippen LogP contribution in [0, 0.1) is 0 Å². The van der Waals surface area contributed by atoms with Crippen LogP contribution >= 0.6 is 0 Å². The summed E-state index contributed by atoms with van der Waals surface area (Å²) in [6.45, 7) is 1.55. The van der Waals surface area contributed by atoms with Crippen LogP contribution in [0.4, 0.5) is 0 Å². The van der Waals surface area contributed by atoms with E-state index in [1.807, 2.05) is 24.3 Å². The van der Waals surface area contributed by atoms with Gasteiger partial charge in [-0.1, -0.05) is 18.2 Å². The molecule has 2 aromatic heterocycles. The molecular weight excluding hydrogens is 270 g/mol. The van der Waals surface area contributed by atoms with Crippen molar-refractivity contribution in [3.8, 4) is 0 Å². The van der Waals surface area contributed by atoms with Crippen LogP contribution in [0.15, 0.2) is 53.3 Å². The summed E-state index contributed by atoms with van der Waals surface area (Å²) >= 11 is 0. The van der Waals surface area contributed by atoms with Gasteiger partial charge in [0.25, 0.3) is 0 Å². The predicted molar refractivity (Wildman–Crippen MR) is 76.2 cm³/mol. The summed E-state index contributed by atoms with van der Waals surface area (Å²) in [5, 5.41) is 0.809. The lowest BCUT2D eigenvalue weighted by Gasteiger charge is -2.10. The highest BCUT2D eigenvalue weighted by Crippen LogP contribution is 2.20. The fourth-order valence-electron chi connectivity index (χ4n) is 2.16. The van der Waals surface area contributed by atoms with Gasteiger partial charge in [-0.2, -0.15) is 0 Å². The molecule has 5 nitrogen and oxygen atoms in total. The molecule has 3 rings (SSSR count). The number of carbonyl (C=O) groups is 2. The van der Waals surface area contributed by atoms with Crippen molar-refractivity contribution in [2.75, 3.05) is 0 Å². The van der Waals surface area contributed by atoms with Crippen molar-refractivity contribution in [3.63, 3.8) is 0 Å². The highest BCUT2D eigenvalue weighted by molar-refractivity contribution is 6.10. The van der Waals surface area contributed by atoms with Gasteiger partial charge in [0.2, 0.25) is 11.5 Å². The van der Waals surface area contributed by atoms with Crippen molar-refractivity contribution >= 4 is 22.7 Å². The molecule has 2 heterocycles. The van der Waals surface area contributed by atoms with Crippen LogP contribution < -0.4 is 0 Å². The van der Waals surface area contributed by atoms with Crippen LogP contribution in [0.5, 0.6) is 0 Å². The lowest BCUT2D eigenvalue weighted by Crippen LogP contribution is -2.24. The molecule has 0 aliphatic carbocycles. The first kappa shape index (κ1) is 13.2. The zero-order valence-electron chi connectivity index (χ0n) is 11.3. The Morgan fingerprint density at radius 3 is 2.76 bits per heavy atom. The van der Waals surface area contributed by atoms with E-state index >= 15 is 0 Å². The van der Waals surface area contributed by atoms with Crippen LogP contribution in [-0.2, 0) is 4.74 Å². The smallest absolute Gasteiger partial charge is 0.374 e. The number of hydrogen-bond acceptors (Lipinski definition) is 4. The van der Waals surface area contributed by atoms with E-state index in [1.54, 1.807) is 19.2 Å². The molecule has 0 amide bonds. The van der Waals surface area contributed by atoms with Gasteiger partial charge < -0.3 is 14.1 Å². The first-order valence-electron chi connectivity index (χ1n) is 6.51. The number of para-hydroxylation sites is 1. The van der Waals surface area contributed by atoms with Gasteiger partial charge in [0.1, 0.15) is 0 Å². The standard InChI is InChI=1S/C16H13NO4/c1-10(21-16(19)14-7-4-8-20-14)15(18)12-9-17-13-6-3-2-5-11(12)13/h2-10,17H,1H3/t10-/m1/s1. The van der Waals surface area contributed by atoms with Crippen molar-refractivity contribution in [2.24, 2.45) is 0 Å². The van der Waals surface area contributed by atoms with E-state index in [-0.39, 0.29) is 11.5 Å². The SMILES string of the molecule is C[C@@H](OC(=O)c1ccco1)C(=O)c1c[nH]c2ccccc12. The van der Waals surface area contributed by atoms with E-state index in [0.717, 1.165) is 10.9 Å². The van der Waals surface area contributed by atoms with E-state index in [0.29, 0.717) is 5.56 Å². The molecule has 1 aromatic carbocycles. The molecule has 0 aliphatic heterocycles. The largest absolute Gasteiger partial charge is 0.457 e. The number of hydrogen-bond donors (Lipinski definition) is 1. The summed E-state index contributed by atoms with van der Waals surface area (Å²) in [6.07, 6.45) is 2.12.